The summed E-state index contributed by atoms with van der Waals surface area (Å²) in [5, 5.41) is 14.2. The molecule has 2 saturated heterocycles. The van der Waals surface area contributed by atoms with E-state index in [1.54, 1.807) is 0 Å². The molecule has 0 amide bonds. The number of benzene rings is 1. The summed E-state index contributed by atoms with van der Waals surface area (Å²) in [6.07, 6.45) is 4.14. The van der Waals surface area contributed by atoms with Crippen molar-refractivity contribution in [1.29, 1.82) is 0 Å². The van der Waals surface area contributed by atoms with Crippen molar-refractivity contribution < 1.29 is 5.11 Å². The standard InChI is InChI=1S/C16H23ClN2O/c17-13-3-1-12(2-4-13)9-15-10-16(20)11-19(15)14-5-7-18-8-6-14/h1-4,14-16,18,20H,5-11H2/t15-,16-/m0/s1. The van der Waals surface area contributed by atoms with Gasteiger partial charge in [-0.05, 0) is 56.5 Å². The smallest absolute Gasteiger partial charge is 0.0682 e. The molecule has 0 radical (unpaired) electrons. The number of hydrogen-bond donors (Lipinski definition) is 2. The third-order valence-corrected chi connectivity index (χ3v) is 4.85. The molecule has 2 fully saturated rings. The van der Waals surface area contributed by atoms with Crippen molar-refractivity contribution in [2.45, 2.75) is 43.9 Å². The van der Waals surface area contributed by atoms with Crippen LogP contribution in [0.2, 0.25) is 5.02 Å². The molecule has 1 aromatic carbocycles. The molecule has 0 unspecified atom stereocenters. The molecule has 2 heterocycles. The maximum atomic E-state index is 10.0. The molecular weight excluding hydrogens is 272 g/mol. The van der Waals surface area contributed by atoms with Gasteiger partial charge in [0.2, 0.25) is 0 Å². The van der Waals surface area contributed by atoms with Crippen LogP contribution < -0.4 is 5.32 Å². The second-order valence-corrected chi connectivity index (χ2v) is 6.49. The molecule has 4 heteroatoms. The number of rotatable bonds is 3. The minimum Gasteiger partial charge on any atom is -0.392 e. The number of nitrogens with one attached hydrogen (secondary N) is 1. The van der Waals surface area contributed by atoms with Crippen molar-refractivity contribution >= 4 is 11.6 Å². The Morgan fingerprint density at radius 3 is 2.60 bits per heavy atom. The molecule has 2 atom stereocenters. The van der Waals surface area contributed by atoms with Gasteiger partial charge < -0.3 is 10.4 Å². The SMILES string of the molecule is O[C@H]1C[C@H](Cc2ccc(Cl)cc2)N(C2CCNCC2)C1. The van der Waals surface area contributed by atoms with Crippen LogP contribution in [-0.2, 0) is 6.42 Å². The second kappa shape index (κ2) is 6.44. The van der Waals surface area contributed by atoms with Crippen molar-refractivity contribution in [2.75, 3.05) is 19.6 Å². The zero-order chi connectivity index (χ0) is 13.9. The summed E-state index contributed by atoms with van der Waals surface area (Å²) in [4.78, 5) is 2.54. The van der Waals surface area contributed by atoms with Gasteiger partial charge in [-0.25, -0.2) is 0 Å². The number of aliphatic hydroxyl groups is 1. The van der Waals surface area contributed by atoms with E-state index < -0.39 is 0 Å². The fraction of sp³-hybridized carbons (Fsp3) is 0.625. The zero-order valence-electron chi connectivity index (χ0n) is 11.8. The zero-order valence-corrected chi connectivity index (χ0v) is 12.5. The first-order valence-corrected chi connectivity index (χ1v) is 7.99. The van der Waals surface area contributed by atoms with Crippen molar-refractivity contribution in [3.05, 3.63) is 34.9 Å². The van der Waals surface area contributed by atoms with Gasteiger partial charge in [-0.1, -0.05) is 23.7 Å². The molecule has 2 aliphatic rings. The van der Waals surface area contributed by atoms with Gasteiger partial charge in [0, 0.05) is 23.7 Å². The molecule has 3 rings (SSSR count). The van der Waals surface area contributed by atoms with Gasteiger partial charge in [0.1, 0.15) is 0 Å². The highest BCUT2D eigenvalue weighted by atomic mass is 35.5. The summed E-state index contributed by atoms with van der Waals surface area (Å²) >= 11 is 5.94. The molecule has 0 spiro atoms. The summed E-state index contributed by atoms with van der Waals surface area (Å²) in [5.41, 5.74) is 1.31. The third kappa shape index (κ3) is 3.34. The minimum atomic E-state index is -0.165. The summed E-state index contributed by atoms with van der Waals surface area (Å²) in [6.45, 7) is 3.04. The van der Waals surface area contributed by atoms with Crippen LogP contribution in [0.25, 0.3) is 0 Å². The number of halogens is 1. The Kier molecular flexibility index (Phi) is 4.61. The predicted molar refractivity (Wildman–Crippen MR) is 82.2 cm³/mol. The van der Waals surface area contributed by atoms with E-state index >= 15 is 0 Å². The Balaban J connectivity index is 1.67. The third-order valence-electron chi connectivity index (χ3n) is 4.60. The number of piperidine rings is 1. The number of β-amino-alcohol motifs (C(OH)–C–C–N with tert-alkyl or cyclic N) is 1. The van der Waals surface area contributed by atoms with E-state index in [0.717, 1.165) is 37.5 Å². The highest BCUT2D eigenvalue weighted by molar-refractivity contribution is 6.30. The van der Waals surface area contributed by atoms with Crippen LogP contribution in [0.4, 0.5) is 0 Å². The quantitative estimate of drug-likeness (QED) is 0.896. The van der Waals surface area contributed by atoms with E-state index in [-0.39, 0.29) is 6.10 Å². The van der Waals surface area contributed by atoms with E-state index in [1.807, 2.05) is 12.1 Å². The summed E-state index contributed by atoms with van der Waals surface area (Å²) in [5.74, 6) is 0. The lowest BCUT2D eigenvalue weighted by Crippen LogP contribution is -2.46. The Labute approximate surface area is 125 Å². The van der Waals surface area contributed by atoms with Gasteiger partial charge in [-0.15, -0.1) is 0 Å². The molecule has 20 heavy (non-hydrogen) atoms. The largest absolute Gasteiger partial charge is 0.392 e. The van der Waals surface area contributed by atoms with E-state index in [4.69, 9.17) is 11.6 Å². The molecule has 2 N–H and O–H groups in total. The molecule has 0 aliphatic carbocycles. The van der Waals surface area contributed by atoms with Crippen molar-refractivity contribution in [3.63, 3.8) is 0 Å². The molecular formula is C16H23ClN2O. The van der Waals surface area contributed by atoms with E-state index in [9.17, 15) is 5.11 Å². The maximum absolute atomic E-state index is 10.0. The van der Waals surface area contributed by atoms with Gasteiger partial charge in [0.15, 0.2) is 0 Å². The molecule has 110 valence electrons. The van der Waals surface area contributed by atoms with Crippen LogP contribution in [0.15, 0.2) is 24.3 Å². The molecule has 2 aliphatic heterocycles. The highest BCUT2D eigenvalue weighted by Crippen LogP contribution is 2.27. The van der Waals surface area contributed by atoms with Gasteiger partial charge in [-0.3, -0.25) is 4.90 Å². The van der Waals surface area contributed by atoms with Gasteiger partial charge in [-0.2, -0.15) is 0 Å². The second-order valence-electron chi connectivity index (χ2n) is 6.05. The van der Waals surface area contributed by atoms with Crippen LogP contribution in [0.3, 0.4) is 0 Å². The first-order valence-electron chi connectivity index (χ1n) is 7.61. The van der Waals surface area contributed by atoms with Gasteiger partial charge in [0.25, 0.3) is 0 Å². The van der Waals surface area contributed by atoms with E-state index in [1.165, 1.54) is 18.4 Å². The molecule has 0 saturated carbocycles. The van der Waals surface area contributed by atoms with Crippen LogP contribution in [-0.4, -0.2) is 47.8 Å². The fourth-order valence-electron chi connectivity index (χ4n) is 3.60. The lowest BCUT2D eigenvalue weighted by atomic mass is 9.99. The minimum absolute atomic E-state index is 0.165. The maximum Gasteiger partial charge on any atom is 0.0682 e. The fourth-order valence-corrected chi connectivity index (χ4v) is 3.72. The normalized spacial score (nSPS) is 28.9. The first kappa shape index (κ1) is 14.3. The van der Waals surface area contributed by atoms with Crippen LogP contribution in [0, 0.1) is 0 Å². The lowest BCUT2D eigenvalue weighted by Gasteiger charge is -2.35. The topological polar surface area (TPSA) is 35.5 Å². The van der Waals surface area contributed by atoms with Gasteiger partial charge >= 0.3 is 0 Å². The molecule has 0 bridgehead atoms. The van der Waals surface area contributed by atoms with Crippen LogP contribution in [0.1, 0.15) is 24.8 Å². The first-order chi connectivity index (χ1) is 9.72. The monoisotopic (exact) mass is 294 g/mol. The highest BCUT2D eigenvalue weighted by Gasteiger charge is 2.35. The average Bonchev–Trinajstić information content (AvgIpc) is 2.83. The summed E-state index contributed by atoms with van der Waals surface area (Å²) in [7, 11) is 0. The van der Waals surface area contributed by atoms with Crippen LogP contribution >= 0.6 is 11.6 Å². The van der Waals surface area contributed by atoms with Gasteiger partial charge in [0.05, 0.1) is 6.10 Å². The van der Waals surface area contributed by atoms with Crippen LogP contribution in [0.5, 0.6) is 0 Å². The predicted octanol–water partition coefficient (Wildman–Crippen LogP) is 2.07. The Morgan fingerprint density at radius 1 is 1.20 bits per heavy atom. The Bertz CT molecular complexity index is 431. The van der Waals surface area contributed by atoms with E-state index in [0.29, 0.717) is 12.1 Å². The van der Waals surface area contributed by atoms with Crippen molar-refractivity contribution in [3.8, 4) is 0 Å². The van der Waals surface area contributed by atoms with Crippen molar-refractivity contribution in [1.82, 2.24) is 10.2 Å². The van der Waals surface area contributed by atoms with E-state index in [2.05, 4.69) is 22.3 Å². The number of nitrogens with zero attached hydrogens (tertiary/aromatic N) is 1. The molecule has 3 nitrogen and oxygen atoms in total. The lowest BCUT2D eigenvalue weighted by molar-refractivity contribution is 0.126. The average molecular weight is 295 g/mol. The van der Waals surface area contributed by atoms with Crippen molar-refractivity contribution in [2.24, 2.45) is 0 Å². The Morgan fingerprint density at radius 2 is 1.90 bits per heavy atom. The number of hydrogen-bond acceptors (Lipinski definition) is 3. The molecule has 0 aromatic heterocycles. The Hall–Kier alpha value is -0.610. The number of likely N-dealkylation sites (tertiary alicyclic amines) is 1. The molecule has 1 aromatic rings. The summed E-state index contributed by atoms with van der Waals surface area (Å²) < 4.78 is 0. The number of aliphatic hydroxyl groups excluding tert-OH is 1. The summed E-state index contributed by atoms with van der Waals surface area (Å²) in [6, 6.07) is 9.22.